The standard InChI is InChI=1S/C7H17NO/c1-5-6(2)7(3,8)9-4/h6H,5,8H2,1-4H3/t6-,7?/m1/s1. The Bertz CT molecular complexity index is 81.0. The maximum absolute atomic E-state index is 5.75. The topological polar surface area (TPSA) is 35.2 Å². The summed E-state index contributed by atoms with van der Waals surface area (Å²) in [6, 6.07) is 0. The van der Waals surface area contributed by atoms with Crippen LogP contribution in [0.3, 0.4) is 0 Å². The maximum atomic E-state index is 5.75. The van der Waals surface area contributed by atoms with Crippen LogP contribution in [-0.4, -0.2) is 12.8 Å². The Morgan fingerprint density at radius 2 is 2.11 bits per heavy atom. The van der Waals surface area contributed by atoms with Crippen LogP contribution in [0.4, 0.5) is 0 Å². The molecule has 0 aromatic carbocycles. The predicted octanol–water partition coefficient (Wildman–Crippen LogP) is 1.35. The number of nitrogens with two attached hydrogens (primary N) is 1. The van der Waals surface area contributed by atoms with Crippen LogP contribution in [0, 0.1) is 5.92 Å². The Labute approximate surface area is 57.4 Å². The maximum Gasteiger partial charge on any atom is 0.116 e. The Balaban J connectivity index is 3.80. The van der Waals surface area contributed by atoms with Crippen molar-refractivity contribution in [2.24, 2.45) is 11.7 Å². The molecule has 0 rings (SSSR count). The predicted molar refractivity (Wildman–Crippen MR) is 39.1 cm³/mol. The monoisotopic (exact) mass is 131 g/mol. The SMILES string of the molecule is CC[C@@H](C)C(C)(N)OC. The fourth-order valence-corrected chi connectivity index (χ4v) is 0.606. The van der Waals surface area contributed by atoms with Crippen molar-refractivity contribution in [1.29, 1.82) is 0 Å². The minimum absolute atomic E-state index is 0.419. The van der Waals surface area contributed by atoms with Crippen LogP contribution in [0.1, 0.15) is 27.2 Å². The second-order valence-corrected chi connectivity index (χ2v) is 2.70. The molecular weight excluding hydrogens is 114 g/mol. The molecule has 2 atom stereocenters. The highest BCUT2D eigenvalue weighted by molar-refractivity contribution is 4.71. The van der Waals surface area contributed by atoms with E-state index in [0.29, 0.717) is 5.92 Å². The zero-order valence-corrected chi connectivity index (χ0v) is 6.77. The summed E-state index contributed by atoms with van der Waals surface area (Å²) >= 11 is 0. The Morgan fingerprint density at radius 3 is 2.22 bits per heavy atom. The highest BCUT2D eigenvalue weighted by Crippen LogP contribution is 2.16. The summed E-state index contributed by atoms with van der Waals surface area (Å²) in [6.45, 7) is 6.10. The number of hydrogen-bond acceptors (Lipinski definition) is 2. The first-order valence-corrected chi connectivity index (χ1v) is 3.38. The molecule has 0 saturated carbocycles. The molecule has 2 nitrogen and oxygen atoms in total. The Kier molecular flexibility index (Phi) is 3.15. The van der Waals surface area contributed by atoms with Crippen LogP contribution in [-0.2, 0) is 4.74 Å². The molecule has 0 aromatic heterocycles. The molecule has 9 heavy (non-hydrogen) atoms. The molecule has 0 aliphatic rings. The van der Waals surface area contributed by atoms with Gasteiger partial charge in [0.2, 0.25) is 0 Å². The lowest BCUT2D eigenvalue weighted by atomic mass is 9.98. The lowest BCUT2D eigenvalue weighted by Crippen LogP contribution is -2.44. The van der Waals surface area contributed by atoms with Crippen LogP contribution in [0.15, 0.2) is 0 Å². The van der Waals surface area contributed by atoms with E-state index in [2.05, 4.69) is 13.8 Å². The molecule has 0 aromatic rings. The van der Waals surface area contributed by atoms with E-state index in [1.165, 1.54) is 0 Å². The van der Waals surface area contributed by atoms with Crippen molar-refractivity contribution in [3.05, 3.63) is 0 Å². The van der Waals surface area contributed by atoms with Gasteiger partial charge in [-0.2, -0.15) is 0 Å². The molecule has 2 N–H and O–H groups in total. The van der Waals surface area contributed by atoms with E-state index in [9.17, 15) is 0 Å². The van der Waals surface area contributed by atoms with Crippen molar-refractivity contribution in [1.82, 2.24) is 0 Å². The van der Waals surface area contributed by atoms with E-state index in [-0.39, 0.29) is 0 Å². The van der Waals surface area contributed by atoms with Gasteiger partial charge in [-0.05, 0) is 19.3 Å². The minimum Gasteiger partial charge on any atom is -0.364 e. The van der Waals surface area contributed by atoms with Crippen molar-refractivity contribution >= 4 is 0 Å². The molecule has 0 saturated heterocycles. The summed E-state index contributed by atoms with van der Waals surface area (Å²) < 4.78 is 5.07. The van der Waals surface area contributed by atoms with Gasteiger partial charge in [-0.3, -0.25) is 0 Å². The number of rotatable bonds is 3. The Morgan fingerprint density at radius 1 is 1.67 bits per heavy atom. The van der Waals surface area contributed by atoms with Crippen molar-refractivity contribution in [2.75, 3.05) is 7.11 Å². The number of hydrogen-bond donors (Lipinski definition) is 1. The van der Waals surface area contributed by atoms with Gasteiger partial charge in [0.25, 0.3) is 0 Å². The highest BCUT2D eigenvalue weighted by Gasteiger charge is 2.23. The van der Waals surface area contributed by atoms with Crippen molar-refractivity contribution in [3.63, 3.8) is 0 Å². The van der Waals surface area contributed by atoms with E-state index in [0.717, 1.165) is 6.42 Å². The normalized spacial score (nSPS) is 21.0. The van der Waals surface area contributed by atoms with E-state index < -0.39 is 5.72 Å². The molecule has 0 bridgehead atoms. The molecule has 2 heteroatoms. The summed E-state index contributed by atoms with van der Waals surface area (Å²) in [5.41, 5.74) is 5.30. The summed E-state index contributed by atoms with van der Waals surface area (Å²) in [7, 11) is 1.64. The zero-order chi connectivity index (χ0) is 7.49. The molecule has 56 valence electrons. The van der Waals surface area contributed by atoms with Crippen molar-refractivity contribution in [3.8, 4) is 0 Å². The van der Waals surface area contributed by atoms with Gasteiger partial charge in [-0.25, -0.2) is 0 Å². The van der Waals surface area contributed by atoms with Crippen molar-refractivity contribution < 1.29 is 4.74 Å². The van der Waals surface area contributed by atoms with E-state index >= 15 is 0 Å². The fraction of sp³-hybridized carbons (Fsp3) is 1.00. The molecular formula is C7H17NO. The lowest BCUT2D eigenvalue weighted by Gasteiger charge is -2.28. The van der Waals surface area contributed by atoms with Gasteiger partial charge in [0.1, 0.15) is 5.72 Å². The van der Waals surface area contributed by atoms with Gasteiger partial charge in [0.15, 0.2) is 0 Å². The van der Waals surface area contributed by atoms with Crippen LogP contribution >= 0.6 is 0 Å². The third-order valence-electron chi connectivity index (χ3n) is 2.03. The molecule has 0 fully saturated rings. The van der Waals surface area contributed by atoms with E-state index in [1.807, 2.05) is 6.92 Å². The van der Waals surface area contributed by atoms with E-state index in [1.54, 1.807) is 7.11 Å². The van der Waals surface area contributed by atoms with Crippen molar-refractivity contribution in [2.45, 2.75) is 32.9 Å². The molecule has 0 radical (unpaired) electrons. The average Bonchev–Trinajstić information content (AvgIpc) is 1.86. The third-order valence-corrected chi connectivity index (χ3v) is 2.03. The third kappa shape index (κ3) is 2.33. The lowest BCUT2D eigenvalue weighted by molar-refractivity contribution is -0.0336. The minimum atomic E-state index is -0.450. The van der Waals surface area contributed by atoms with Crippen LogP contribution in [0.2, 0.25) is 0 Å². The van der Waals surface area contributed by atoms with Gasteiger partial charge >= 0.3 is 0 Å². The summed E-state index contributed by atoms with van der Waals surface area (Å²) in [5.74, 6) is 0.419. The first kappa shape index (κ1) is 8.92. The fourth-order valence-electron chi connectivity index (χ4n) is 0.606. The second kappa shape index (κ2) is 3.18. The number of methoxy groups -OCH3 is 1. The van der Waals surface area contributed by atoms with Gasteiger partial charge in [0, 0.05) is 7.11 Å². The quantitative estimate of drug-likeness (QED) is 0.587. The smallest absolute Gasteiger partial charge is 0.116 e. The first-order valence-electron chi connectivity index (χ1n) is 3.38. The highest BCUT2D eigenvalue weighted by atomic mass is 16.5. The number of ether oxygens (including phenoxy) is 1. The second-order valence-electron chi connectivity index (χ2n) is 2.70. The molecule has 1 unspecified atom stereocenters. The molecule has 0 amide bonds. The van der Waals surface area contributed by atoms with Crippen LogP contribution in [0.5, 0.6) is 0 Å². The molecule has 0 aliphatic carbocycles. The summed E-state index contributed by atoms with van der Waals surface area (Å²) in [6.07, 6.45) is 1.06. The largest absolute Gasteiger partial charge is 0.364 e. The summed E-state index contributed by atoms with van der Waals surface area (Å²) in [4.78, 5) is 0. The Hall–Kier alpha value is -0.0800. The van der Waals surface area contributed by atoms with Gasteiger partial charge in [-0.1, -0.05) is 13.8 Å². The zero-order valence-electron chi connectivity index (χ0n) is 6.77. The van der Waals surface area contributed by atoms with Crippen LogP contribution < -0.4 is 5.73 Å². The summed E-state index contributed by atoms with van der Waals surface area (Å²) in [5, 5.41) is 0. The van der Waals surface area contributed by atoms with E-state index in [4.69, 9.17) is 10.5 Å². The first-order chi connectivity index (χ1) is 4.04. The van der Waals surface area contributed by atoms with Crippen LogP contribution in [0.25, 0.3) is 0 Å². The van der Waals surface area contributed by atoms with Gasteiger partial charge < -0.3 is 10.5 Å². The van der Waals surface area contributed by atoms with Gasteiger partial charge in [0.05, 0.1) is 0 Å². The molecule has 0 aliphatic heterocycles. The van der Waals surface area contributed by atoms with Gasteiger partial charge in [-0.15, -0.1) is 0 Å². The molecule has 0 heterocycles. The average molecular weight is 131 g/mol. The molecule has 0 spiro atoms.